The number of hydrogen-bond acceptors (Lipinski definition) is 5. The fourth-order valence-corrected chi connectivity index (χ4v) is 4.77. The van der Waals surface area contributed by atoms with Gasteiger partial charge >= 0.3 is 0 Å². The number of ketones is 1. The van der Waals surface area contributed by atoms with E-state index in [1.54, 1.807) is 7.11 Å². The topological polar surface area (TPSA) is 42.0 Å². The second kappa shape index (κ2) is 10.9. The van der Waals surface area contributed by atoms with Crippen molar-refractivity contribution in [3.63, 3.8) is 0 Å². The number of anilines is 1. The van der Waals surface area contributed by atoms with Crippen LogP contribution in [0.2, 0.25) is 0 Å². The normalized spacial score (nSPS) is 17.3. The van der Waals surface area contributed by atoms with Gasteiger partial charge in [-0.1, -0.05) is 25.5 Å². The number of hydrogen-bond donors (Lipinski definition) is 0. The number of likely N-dealkylation sites (tertiary alicyclic amines) is 1. The molecule has 0 N–H and O–H groups in total. The minimum atomic E-state index is 0.0840. The number of ether oxygens (including phenoxy) is 2. The Kier molecular flexibility index (Phi) is 7.71. The first-order valence-electron chi connectivity index (χ1n) is 12.2. The van der Waals surface area contributed by atoms with Crippen LogP contribution in [0.4, 0.5) is 5.69 Å². The average molecular weight is 449 g/mol. The third kappa shape index (κ3) is 5.59. The molecule has 2 aromatic rings. The van der Waals surface area contributed by atoms with Gasteiger partial charge in [0.05, 0.1) is 7.11 Å². The van der Waals surface area contributed by atoms with Gasteiger partial charge in [-0.2, -0.15) is 0 Å². The highest BCUT2D eigenvalue weighted by atomic mass is 16.5. The van der Waals surface area contributed by atoms with Crippen molar-refractivity contribution in [3.05, 3.63) is 58.7 Å². The molecule has 0 bridgehead atoms. The molecule has 1 fully saturated rings. The highest BCUT2D eigenvalue weighted by Crippen LogP contribution is 2.37. The van der Waals surface area contributed by atoms with Gasteiger partial charge in [-0.05, 0) is 73.8 Å². The van der Waals surface area contributed by atoms with Gasteiger partial charge in [-0.3, -0.25) is 9.69 Å². The molecule has 5 nitrogen and oxygen atoms in total. The standard InChI is InChI=1S/C28H36N2O3/c1-4-12-29(2)24-10-8-21(9-11-24)17-23-18-22-19-26(32-3)27(20-25(22)28(23)31)33-16-15-30-13-6-5-7-14-30/h8-11,17,19-20H,4-7,12-16,18H2,1-3H3/b23-17+. The minimum Gasteiger partial charge on any atom is -0.493 e. The van der Waals surface area contributed by atoms with Crippen LogP contribution < -0.4 is 14.4 Å². The number of allylic oxidation sites excluding steroid dienone is 1. The van der Waals surface area contributed by atoms with Gasteiger partial charge in [0.25, 0.3) is 0 Å². The molecule has 0 atom stereocenters. The molecule has 0 radical (unpaired) electrons. The van der Waals surface area contributed by atoms with Crippen molar-refractivity contribution in [2.24, 2.45) is 0 Å². The summed E-state index contributed by atoms with van der Waals surface area (Å²) in [5, 5.41) is 0. The molecule has 0 spiro atoms. The number of rotatable bonds is 9. The molecule has 0 amide bonds. The van der Waals surface area contributed by atoms with E-state index in [2.05, 4.69) is 48.0 Å². The zero-order valence-electron chi connectivity index (χ0n) is 20.2. The van der Waals surface area contributed by atoms with E-state index in [1.807, 2.05) is 18.2 Å². The van der Waals surface area contributed by atoms with Crippen LogP contribution in [0.5, 0.6) is 11.5 Å². The largest absolute Gasteiger partial charge is 0.493 e. The van der Waals surface area contributed by atoms with Crippen LogP contribution in [0.15, 0.2) is 42.0 Å². The molecule has 0 aromatic heterocycles. The maximum Gasteiger partial charge on any atom is 0.189 e. The zero-order valence-corrected chi connectivity index (χ0v) is 20.2. The van der Waals surface area contributed by atoms with Crippen LogP contribution in [0.1, 0.15) is 54.1 Å². The number of Topliss-reactive ketones (excluding diaryl/α,β-unsaturated/α-hetero) is 1. The smallest absolute Gasteiger partial charge is 0.189 e. The van der Waals surface area contributed by atoms with E-state index in [9.17, 15) is 4.79 Å². The molecule has 2 aliphatic rings. The summed E-state index contributed by atoms with van der Waals surface area (Å²) >= 11 is 0. The maximum atomic E-state index is 13.2. The average Bonchev–Trinajstić information content (AvgIpc) is 3.14. The predicted molar refractivity (Wildman–Crippen MR) is 135 cm³/mol. The molecule has 1 saturated heterocycles. The Balaban J connectivity index is 1.45. The zero-order chi connectivity index (χ0) is 23.2. The van der Waals surface area contributed by atoms with Gasteiger partial charge in [0.1, 0.15) is 6.61 Å². The van der Waals surface area contributed by atoms with E-state index >= 15 is 0 Å². The van der Waals surface area contributed by atoms with E-state index in [0.29, 0.717) is 24.5 Å². The molecule has 33 heavy (non-hydrogen) atoms. The molecule has 176 valence electrons. The molecular weight excluding hydrogens is 412 g/mol. The monoisotopic (exact) mass is 448 g/mol. The van der Waals surface area contributed by atoms with Crippen molar-refractivity contribution >= 4 is 17.5 Å². The first-order chi connectivity index (χ1) is 16.1. The number of carbonyl (C=O) groups is 1. The summed E-state index contributed by atoms with van der Waals surface area (Å²) < 4.78 is 11.7. The SMILES string of the molecule is CCCN(C)c1ccc(/C=C2\Cc3cc(OC)c(OCCN4CCCCC4)cc3C2=O)cc1. The summed E-state index contributed by atoms with van der Waals surface area (Å²) in [6, 6.07) is 12.2. The number of benzene rings is 2. The van der Waals surface area contributed by atoms with Crippen LogP contribution in [0.3, 0.4) is 0 Å². The van der Waals surface area contributed by atoms with Crippen molar-refractivity contribution in [1.82, 2.24) is 4.90 Å². The third-order valence-electron chi connectivity index (χ3n) is 6.65. The summed E-state index contributed by atoms with van der Waals surface area (Å²) in [5.41, 5.74) is 4.79. The number of methoxy groups -OCH3 is 1. The van der Waals surface area contributed by atoms with E-state index in [0.717, 1.165) is 54.9 Å². The molecule has 5 heteroatoms. The van der Waals surface area contributed by atoms with Crippen molar-refractivity contribution < 1.29 is 14.3 Å². The summed E-state index contributed by atoms with van der Waals surface area (Å²) in [7, 11) is 3.76. The van der Waals surface area contributed by atoms with Crippen molar-refractivity contribution in [3.8, 4) is 11.5 Å². The van der Waals surface area contributed by atoms with Crippen LogP contribution in [-0.4, -0.2) is 57.6 Å². The van der Waals surface area contributed by atoms with Crippen molar-refractivity contribution in [1.29, 1.82) is 0 Å². The second-order valence-electron chi connectivity index (χ2n) is 9.10. The summed E-state index contributed by atoms with van der Waals surface area (Å²) in [4.78, 5) is 17.8. The van der Waals surface area contributed by atoms with Crippen LogP contribution in [-0.2, 0) is 6.42 Å². The van der Waals surface area contributed by atoms with Crippen molar-refractivity contribution in [2.75, 3.05) is 51.8 Å². The summed E-state index contributed by atoms with van der Waals surface area (Å²) in [5.74, 6) is 1.44. The fraction of sp³-hybridized carbons (Fsp3) is 0.464. The fourth-order valence-electron chi connectivity index (χ4n) is 4.77. The van der Waals surface area contributed by atoms with E-state index < -0.39 is 0 Å². The number of nitrogens with zero attached hydrogens (tertiary/aromatic N) is 2. The van der Waals surface area contributed by atoms with Gasteiger partial charge in [-0.15, -0.1) is 0 Å². The Morgan fingerprint density at radius 2 is 1.82 bits per heavy atom. The van der Waals surface area contributed by atoms with E-state index in [4.69, 9.17) is 9.47 Å². The van der Waals surface area contributed by atoms with Crippen molar-refractivity contribution in [2.45, 2.75) is 39.0 Å². The molecule has 1 heterocycles. The Bertz CT molecular complexity index is 991. The predicted octanol–water partition coefficient (Wildman–Crippen LogP) is 5.23. The quantitative estimate of drug-likeness (QED) is 0.492. The lowest BCUT2D eigenvalue weighted by atomic mass is 10.1. The molecule has 4 rings (SSSR count). The van der Waals surface area contributed by atoms with E-state index in [-0.39, 0.29) is 5.78 Å². The molecule has 2 aromatic carbocycles. The lowest BCUT2D eigenvalue weighted by Gasteiger charge is -2.26. The molecule has 0 saturated carbocycles. The maximum absolute atomic E-state index is 13.2. The first kappa shape index (κ1) is 23.4. The number of fused-ring (bicyclic) bond motifs is 1. The highest BCUT2D eigenvalue weighted by Gasteiger charge is 2.27. The number of piperidine rings is 1. The Morgan fingerprint density at radius 1 is 1.06 bits per heavy atom. The first-order valence-corrected chi connectivity index (χ1v) is 12.2. The van der Waals surface area contributed by atoms with Gasteiger partial charge in [-0.25, -0.2) is 0 Å². The second-order valence-corrected chi connectivity index (χ2v) is 9.10. The van der Waals surface area contributed by atoms with Crippen LogP contribution in [0, 0.1) is 0 Å². The molecule has 1 aliphatic heterocycles. The Labute approximate surface area is 198 Å². The van der Waals surface area contributed by atoms with Gasteiger partial charge in [0, 0.05) is 43.4 Å². The third-order valence-corrected chi connectivity index (χ3v) is 6.65. The number of carbonyl (C=O) groups excluding carboxylic acids is 1. The summed E-state index contributed by atoms with van der Waals surface area (Å²) in [6.45, 7) is 7.01. The van der Waals surface area contributed by atoms with Gasteiger partial charge in [0.2, 0.25) is 0 Å². The van der Waals surface area contributed by atoms with Gasteiger partial charge < -0.3 is 14.4 Å². The van der Waals surface area contributed by atoms with Gasteiger partial charge in [0.15, 0.2) is 17.3 Å². The Hall–Kier alpha value is -2.79. The summed E-state index contributed by atoms with van der Waals surface area (Å²) in [6.07, 6.45) is 7.61. The van der Waals surface area contributed by atoms with Crippen LogP contribution in [0.25, 0.3) is 6.08 Å². The lowest BCUT2D eigenvalue weighted by Crippen LogP contribution is -2.33. The minimum absolute atomic E-state index is 0.0840. The molecular formula is C28H36N2O3. The lowest BCUT2D eigenvalue weighted by molar-refractivity contribution is 0.104. The van der Waals surface area contributed by atoms with Crippen LogP contribution >= 0.6 is 0 Å². The molecule has 0 unspecified atom stereocenters. The highest BCUT2D eigenvalue weighted by molar-refractivity contribution is 6.16. The molecule has 1 aliphatic carbocycles. The Morgan fingerprint density at radius 3 is 2.52 bits per heavy atom. The van der Waals surface area contributed by atoms with E-state index in [1.165, 1.54) is 24.9 Å².